The van der Waals surface area contributed by atoms with Crippen molar-refractivity contribution in [2.24, 2.45) is 5.41 Å². The van der Waals surface area contributed by atoms with E-state index in [1.54, 1.807) is 5.56 Å². The second-order valence-corrected chi connectivity index (χ2v) is 6.85. The summed E-state index contributed by atoms with van der Waals surface area (Å²) in [6, 6.07) is 6.85. The molecule has 1 aromatic carbocycles. The van der Waals surface area contributed by atoms with Gasteiger partial charge >= 0.3 is 0 Å². The van der Waals surface area contributed by atoms with Gasteiger partial charge in [-0.15, -0.1) is 0 Å². The summed E-state index contributed by atoms with van der Waals surface area (Å²) in [5.41, 5.74) is 5.13. The Hall–Kier alpha value is -1.02. The van der Waals surface area contributed by atoms with Crippen molar-refractivity contribution >= 4 is 5.69 Å². The Kier molecular flexibility index (Phi) is 3.53. The second kappa shape index (κ2) is 5.16. The fraction of sp³-hybridized carbons (Fsp3) is 0.647. The first-order chi connectivity index (χ1) is 9.16. The lowest BCUT2D eigenvalue weighted by Crippen LogP contribution is -2.30. The summed E-state index contributed by atoms with van der Waals surface area (Å²) in [5.74, 6) is 0. The van der Waals surface area contributed by atoms with Gasteiger partial charge in [-0.25, -0.2) is 0 Å². The van der Waals surface area contributed by atoms with Crippen LogP contribution in [0.1, 0.15) is 44.2 Å². The smallest absolute Gasteiger partial charge is 0.0402 e. The van der Waals surface area contributed by atoms with Crippen molar-refractivity contribution in [2.45, 2.75) is 46.1 Å². The van der Waals surface area contributed by atoms with Crippen molar-refractivity contribution in [2.75, 3.05) is 24.5 Å². The standard InChI is InChI=1S/C17H26N2/c1-17(2)8-4-11-19(12-9-17)16-6-3-5-14-13-18-10-7-15(14)16/h3,5-6,18H,4,7-13H2,1-2H3. The van der Waals surface area contributed by atoms with E-state index in [4.69, 9.17) is 0 Å². The third-order valence-electron chi connectivity index (χ3n) is 4.80. The maximum Gasteiger partial charge on any atom is 0.0402 e. The quantitative estimate of drug-likeness (QED) is 0.831. The average molecular weight is 258 g/mol. The summed E-state index contributed by atoms with van der Waals surface area (Å²) in [4.78, 5) is 2.64. The SMILES string of the molecule is CC1(C)CCCN(c2cccc3c2CCNC3)CC1. The highest BCUT2D eigenvalue weighted by Gasteiger charge is 2.25. The third-order valence-corrected chi connectivity index (χ3v) is 4.80. The van der Waals surface area contributed by atoms with Crippen LogP contribution in [0.25, 0.3) is 0 Å². The number of benzene rings is 1. The zero-order valence-corrected chi connectivity index (χ0v) is 12.3. The number of anilines is 1. The van der Waals surface area contributed by atoms with E-state index < -0.39 is 0 Å². The Bertz CT molecular complexity index is 451. The fourth-order valence-corrected chi connectivity index (χ4v) is 3.47. The van der Waals surface area contributed by atoms with Crippen LogP contribution < -0.4 is 10.2 Å². The summed E-state index contributed by atoms with van der Waals surface area (Å²) in [7, 11) is 0. The minimum Gasteiger partial charge on any atom is -0.371 e. The summed E-state index contributed by atoms with van der Waals surface area (Å²) in [6.45, 7) is 9.46. The van der Waals surface area contributed by atoms with Gasteiger partial charge in [0.05, 0.1) is 0 Å². The maximum atomic E-state index is 3.48. The minimum absolute atomic E-state index is 0.519. The minimum atomic E-state index is 0.519. The van der Waals surface area contributed by atoms with Crippen LogP contribution in [0.4, 0.5) is 5.69 Å². The first-order valence-corrected chi connectivity index (χ1v) is 7.72. The van der Waals surface area contributed by atoms with Crippen molar-refractivity contribution < 1.29 is 0 Å². The Labute approximate surface area is 117 Å². The van der Waals surface area contributed by atoms with Crippen LogP contribution in [-0.2, 0) is 13.0 Å². The fourth-order valence-electron chi connectivity index (χ4n) is 3.47. The molecule has 0 aliphatic carbocycles. The van der Waals surface area contributed by atoms with Gasteiger partial charge < -0.3 is 10.2 Å². The molecule has 0 unspecified atom stereocenters. The molecule has 2 nitrogen and oxygen atoms in total. The summed E-state index contributed by atoms with van der Waals surface area (Å²) < 4.78 is 0. The molecule has 0 bridgehead atoms. The van der Waals surface area contributed by atoms with E-state index in [0.717, 1.165) is 13.1 Å². The van der Waals surface area contributed by atoms with Crippen LogP contribution >= 0.6 is 0 Å². The van der Waals surface area contributed by atoms with Gasteiger partial charge in [0, 0.05) is 25.3 Å². The van der Waals surface area contributed by atoms with E-state index in [1.807, 2.05) is 0 Å². The normalized spacial score (nSPS) is 22.7. The molecule has 0 atom stereocenters. The molecule has 0 radical (unpaired) electrons. The number of hydrogen-bond donors (Lipinski definition) is 1. The molecule has 1 fully saturated rings. The lowest BCUT2D eigenvalue weighted by atomic mass is 9.85. The van der Waals surface area contributed by atoms with Gasteiger partial charge in [0.1, 0.15) is 0 Å². The maximum absolute atomic E-state index is 3.48. The molecule has 2 heterocycles. The van der Waals surface area contributed by atoms with Crippen molar-refractivity contribution in [3.05, 3.63) is 29.3 Å². The molecule has 19 heavy (non-hydrogen) atoms. The van der Waals surface area contributed by atoms with Crippen LogP contribution in [0.5, 0.6) is 0 Å². The topological polar surface area (TPSA) is 15.3 Å². The molecular weight excluding hydrogens is 232 g/mol. The Morgan fingerprint density at radius 1 is 1.16 bits per heavy atom. The molecule has 0 amide bonds. The van der Waals surface area contributed by atoms with Crippen LogP contribution in [0.15, 0.2) is 18.2 Å². The van der Waals surface area contributed by atoms with Gasteiger partial charge in [0.25, 0.3) is 0 Å². The lowest BCUT2D eigenvalue weighted by Gasteiger charge is -2.29. The van der Waals surface area contributed by atoms with Gasteiger partial charge in [-0.1, -0.05) is 26.0 Å². The Morgan fingerprint density at radius 2 is 2.05 bits per heavy atom. The highest BCUT2D eigenvalue weighted by molar-refractivity contribution is 5.57. The van der Waals surface area contributed by atoms with Crippen LogP contribution in [0.2, 0.25) is 0 Å². The van der Waals surface area contributed by atoms with Gasteiger partial charge in [-0.3, -0.25) is 0 Å². The monoisotopic (exact) mass is 258 g/mol. The van der Waals surface area contributed by atoms with Gasteiger partial charge in [-0.05, 0) is 54.8 Å². The van der Waals surface area contributed by atoms with E-state index in [9.17, 15) is 0 Å². The molecular formula is C17H26N2. The molecule has 1 aromatic rings. The largest absolute Gasteiger partial charge is 0.371 e. The first kappa shape index (κ1) is 13.0. The zero-order valence-electron chi connectivity index (χ0n) is 12.3. The average Bonchev–Trinajstić information content (AvgIpc) is 2.59. The predicted octanol–water partition coefficient (Wildman–Crippen LogP) is 3.35. The predicted molar refractivity (Wildman–Crippen MR) is 81.7 cm³/mol. The van der Waals surface area contributed by atoms with Crippen molar-refractivity contribution in [1.29, 1.82) is 0 Å². The van der Waals surface area contributed by atoms with E-state index in [1.165, 1.54) is 50.0 Å². The van der Waals surface area contributed by atoms with Crippen molar-refractivity contribution in [1.82, 2.24) is 5.32 Å². The highest BCUT2D eigenvalue weighted by Crippen LogP contribution is 2.34. The number of hydrogen-bond acceptors (Lipinski definition) is 2. The molecule has 0 spiro atoms. The highest BCUT2D eigenvalue weighted by atomic mass is 15.1. The number of rotatable bonds is 1. The first-order valence-electron chi connectivity index (χ1n) is 7.72. The van der Waals surface area contributed by atoms with E-state index in [-0.39, 0.29) is 0 Å². The van der Waals surface area contributed by atoms with E-state index in [2.05, 4.69) is 42.3 Å². The number of nitrogens with zero attached hydrogens (tertiary/aromatic N) is 1. The van der Waals surface area contributed by atoms with Crippen LogP contribution in [0, 0.1) is 5.41 Å². The summed E-state index contributed by atoms with van der Waals surface area (Å²) in [5, 5.41) is 3.48. The Morgan fingerprint density at radius 3 is 2.95 bits per heavy atom. The van der Waals surface area contributed by atoms with E-state index in [0.29, 0.717) is 5.41 Å². The zero-order chi connectivity index (χ0) is 13.3. The van der Waals surface area contributed by atoms with Gasteiger partial charge in [0.15, 0.2) is 0 Å². The van der Waals surface area contributed by atoms with Crippen LogP contribution in [-0.4, -0.2) is 19.6 Å². The Balaban J connectivity index is 1.86. The molecule has 1 saturated heterocycles. The van der Waals surface area contributed by atoms with Crippen LogP contribution in [0.3, 0.4) is 0 Å². The molecule has 2 heteroatoms. The van der Waals surface area contributed by atoms with E-state index >= 15 is 0 Å². The second-order valence-electron chi connectivity index (χ2n) is 6.85. The third kappa shape index (κ3) is 2.79. The molecule has 1 N–H and O–H groups in total. The molecule has 2 aliphatic heterocycles. The summed E-state index contributed by atoms with van der Waals surface area (Å²) >= 11 is 0. The lowest BCUT2D eigenvalue weighted by molar-refractivity contribution is 0.325. The van der Waals surface area contributed by atoms with Gasteiger partial charge in [0.2, 0.25) is 0 Å². The molecule has 104 valence electrons. The van der Waals surface area contributed by atoms with Gasteiger partial charge in [-0.2, -0.15) is 0 Å². The van der Waals surface area contributed by atoms with Crippen molar-refractivity contribution in [3.63, 3.8) is 0 Å². The number of fused-ring (bicyclic) bond motifs is 1. The molecule has 0 saturated carbocycles. The molecule has 3 rings (SSSR count). The molecule has 2 aliphatic rings. The summed E-state index contributed by atoms with van der Waals surface area (Å²) in [6.07, 6.45) is 5.19. The number of nitrogens with one attached hydrogen (secondary N) is 1. The molecule has 0 aromatic heterocycles. The van der Waals surface area contributed by atoms with Crippen molar-refractivity contribution in [3.8, 4) is 0 Å².